The quantitative estimate of drug-likeness (QED) is 0.865. The summed E-state index contributed by atoms with van der Waals surface area (Å²) in [4.78, 5) is 12.1. The van der Waals surface area contributed by atoms with E-state index in [1.165, 1.54) is 0 Å². The summed E-state index contributed by atoms with van der Waals surface area (Å²) in [5.41, 5.74) is 1.14. The second-order valence-electron chi connectivity index (χ2n) is 5.49. The Hall–Kier alpha value is -1.55. The summed E-state index contributed by atoms with van der Waals surface area (Å²) < 4.78 is 5.22. The van der Waals surface area contributed by atoms with Crippen molar-refractivity contribution in [1.82, 2.24) is 10.6 Å². The van der Waals surface area contributed by atoms with E-state index in [0.717, 1.165) is 37.2 Å². The maximum atomic E-state index is 12.1. The van der Waals surface area contributed by atoms with Crippen LogP contribution >= 0.6 is 0 Å². The maximum absolute atomic E-state index is 12.1. The van der Waals surface area contributed by atoms with Crippen LogP contribution in [-0.2, 0) is 4.79 Å². The smallest absolute Gasteiger partial charge is 0.220 e. The molecule has 0 aliphatic carbocycles. The van der Waals surface area contributed by atoms with Crippen LogP contribution in [-0.4, -0.2) is 32.1 Å². The number of ether oxygens (including phenoxy) is 1. The minimum absolute atomic E-state index is 0.133. The van der Waals surface area contributed by atoms with Crippen molar-refractivity contribution in [1.29, 1.82) is 0 Å². The van der Waals surface area contributed by atoms with Crippen LogP contribution in [0.25, 0.3) is 0 Å². The van der Waals surface area contributed by atoms with Crippen molar-refractivity contribution in [2.24, 2.45) is 0 Å². The summed E-state index contributed by atoms with van der Waals surface area (Å²) in [6.45, 7) is 4.03. The lowest BCUT2D eigenvalue weighted by molar-refractivity contribution is -0.122. The van der Waals surface area contributed by atoms with Crippen LogP contribution in [0.5, 0.6) is 5.75 Å². The van der Waals surface area contributed by atoms with Gasteiger partial charge in [0, 0.05) is 19.0 Å². The molecule has 0 radical (unpaired) electrons. The van der Waals surface area contributed by atoms with Crippen molar-refractivity contribution in [2.45, 2.75) is 38.1 Å². The minimum atomic E-state index is 0.133. The Labute approximate surface area is 120 Å². The molecule has 4 heteroatoms. The number of carbonyl (C=O) groups excluding carboxylic acids is 1. The van der Waals surface area contributed by atoms with E-state index in [4.69, 9.17) is 4.74 Å². The highest BCUT2D eigenvalue weighted by molar-refractivity contribution is 5.77. The first-order chi connectivity index (χ1) is 9.69. The van der Waals surface area contributed by atoms with Crippen molar-refractivity contribution in [3.63, 3.8) is 0 Å². The third-order valence-corrected chi connectivity index (χ3v) is 3.82. The Morgan fingerprint density at radius 2 is 2.40 bits per heavy atom. The molecule has 1 aromatic rings. The molecule has 20 heavy (non-hydrogen) atoms. The number of hydrogen-bond acceptors (Lipinski definition) is 3. The van der Waals surface area contributed by atoms with Crippen LogP contribution in [0.4, 0.5) is 0 Å². The zero-order valence-electron chi connectivity index (χ0n) is 12.3. The number of carbonyl (C=O) groups is 1. The van der Waals surface area contributed by atoms with E-state index in [1.54, 1.807) is 7.11 Å². The highest BCUT2D eigenvalue weighted by Gasteiger charge is 2.17. The van der Waals surface area contributed by atoms with Gasteiger partial charge in [0.25, 0.3) is 0 Å². The summed E-state index contributed by atoms with van der Waals surface area (Å²) in [6.07, 6.45) is 2.73. The van der Waals surface area contributed by atoms with Gasteiger partial charge in [-0.1, -0.05) is 19.1 Å². The standard InChI is InChI=1S/C16H24N2O2/c1-12(13-5-3-7-15(10-13)20-2)9-16(19)18-14-6-4-8-17-11-14/h3,5,7,10,12,14,17H,4,6,8-9,11H2,1-2H3,(H,18,19). The Balaban J connectivity index is 1.86. The molecule has 0 spiro atoms. The van der Waals surface area contributed by atoms with Gasteiger partial charge in [-0.05, 0) is 43.0 Å². The van der Waals surface area contributed by atoms with Gasteiger partial charge in [0.2, 0.25) is 5.91 Å². The summed E-state index contributed by atoms with van der Waals surface area (Å²) >= 11 is 0. The number of rotatable bonds is 5. The fourth-order valence-corrected chi connectivity index (χ4v) is 2.61. The molecule has 4 nitrogen and oxygen atoms in total. The molecule has 1 aliphatic heterocycles. The molecule has 0 bridgehead atoms. The van der Waals surface area contributed by atoms with E-state index in [-0.39, 0.29) is 17.9 Å². The Bertz CT molecular complexity index is 442. The molecule has 110 valence electrons. The molecule has 0 aromatic heterocycles. The summed E-state index contributed by atoms with van der Waals surface area (Å²) in [7, 11) is 1.66. The van der Waals surface area contributed by atoms with Crippen LogP contribution < -0.4 is 15.4 Å². The summed E-state index contributed by atoms with van der Waals surface area (Å²) in [5, 5.41) is 6.42. The van der Waals surface area contributed by atoms with Crippen LogP contribution in [0.1, 0.15) is 37.7 Å². The van der Waals surface area contributed by atoms with Crippen LogP contribution in [0, 0.1) is 0 Å². The van der Waals surface area contributed by atoms with Gasteiger partial charge in [0.15, 0.2) is 0 Å². The van der Waals surface area contributed by atoms with Gasteiger partial charge in [-0.25, -0.2) is 0 Å². The lowest BCUT2D eigenvalue weighted by Crippen LogP contribution is -2.45. The Morgan fingerprint density at radius 3 is 3.10 bits per heavy atom. The number of nitrogens with one attached hydrogen (secondary N) is 2. The number of hydrogen-bond donors (Lipinski definition) is 2. The van der Waals surface area contributed by atoms with Crippen molar-refractivity contribution in [2.75, 3.05) is 20.2 Å². The van der Waals surface area contributed by atoms with Crippen molar-refractivity contribution < 1.29 is 9.53 Å². The molecule has 2 unspecified atom stereocenters. The molecule has 1 fully saturated rings. The maximum Gasteiger partial charge on any atom is 0.220 e. The predicted molar refractivity (Wildman–Crippen MR) is 80.1 cm³/mol. The fraction of sp³-hybridized carbons (Fsp3) is 0.562. The molecule has 1 heterocycles. The molecule has 2 N–H and O–H groups in total. The molecule has 1 amide bonds. The predicted octanol–water partition coefficient (Wildman–Crippen LogP) is 2.06. The first-order valence-electron chi connectivity index (χ1n) is 7.33. The summed E-state index contributed by atoms with van der Waals surface area (Å²) in [5.74, 6) is 1.17. The third kappa shape index (κ3) is 4.23. The van der Waals surface area contributed by atoms with Crippen LogP contribution in [0.3, 0.4) is 0 Å². The average molecular weight is 276 g/mol. The molecule has 0 saturated carbocycles. The van der Waals surface area contributed by atoms with Gasteiger partial charge in [0.1, 0.15) is 5.75 Å². The van der Waals surface area contributed by atoms with Crippen molar-refractivity contribution in [3.8, 4) is 5.75 Å². The lowest BCUT2D eigenvalue weighted by Gasteiger charge is -2.24. The zero-order valence-corrected chi connectivity index (χ0v) is 12.3. The molecular weight excluding hydrogens is 252 g/mol. The monoisotopic (exact) mass is 276 g/mol. The number of methoxy groups -OCH3 is 1. The van der Waals surface area contributed by atoms with E-state index in [2.05, 4.69) is 17.6 Å². The second-order valence-corrected chi connectivity index (χ2v) is 5.49. The molecule has 2 rings (SSSR count). The van der Waals surface area contributed by atoms with Crippen LogP contribution in [0.15, 0.2) is 24.3 Å². The average Bonchev–Trinajstić information content (AvgIpc) is 2.48. The zero-order chi connectivity index (χ0) is 14.4. The van der Waals surface area contributed by atoms with E-state index >= 15 is 0 Å². The first kappa shape index (κ1) is 14.9. The minimum Gasteiger partial charge on any atom is -0.497 e. The van der Waals surface area contributed by atoms with E-state index in [9.17, 15) is 4.79 Å². The molecule has 1 saturated heterocycles. The van der Waals surface area contributed by atoms with E-state index in [0.29, 0.717) is 6.42 Å². The lowest BCUT2D eigenvalue weighted by atomic mass is 9.97. The van der Waals surface area contributed by atoms with E-state index in [1.807, 2.05) is 24.3 Å². The van der Waals surface area contributed by atoms with Gasteiger partial charge in [-0.2, -0.15) is 0 Å². The topological polar surface area (TPSA) is 50.4 Å². The van der Waals surface area contributed by atoms with E-state index < -0.39 is 0 Å². The summed E-state index contributed by atoms with van der Waals surface area (Å²) in [6, 6.07) is 8.22. The highest BCUT2D eigenvalue weighted by atomic mass is 16.5. The van der Waals surface area contributed by atoms with Crippen LogP contribution in [0.2, 0.25) is 0 Å². The fourth-order valence-electron chi connectivity index (χ4n) is 2.61. The molecule has 1 aromatic carbocycles. The SMILES string of the molecule is COc1cccc(C(C)CC(=O)NC2CCCNC2)c1. The van der Waals surface area contributed by atoms with Gasteiger partial charge in [-0.15, -0.1) is 0 Å². The number of piperidine rings is 1. The second kappa shape index (κ2) is 7.29. The largest absolute Gasteiger partial charge is 0.497 e. The first-order valence-corrected chi connectivity index (χ1v) is 7.33. The van der Waals surface area contributed by atoms with Crippen molar-refractivity contribution >= 4 is 5.91 Å². The number of amides is 1. The molecule has 1 aliphatic rings. The molecular formula is C16H24N2O2. The highest BCUT2D eigenvalue weighted by Crippen LogP contribution is 2.23. The van der Waals surface area contributed by atoms with Gasteiger partial charge in [0.05, 0.1) is 7.11 Å². The Kier molecular flexibility index (Phi) is 5.41. The van der Waals surface area contributed by atoms with Gasteiger partial charge in [-0.3, -0.25) is 4.79 Å². The normalized spacial score (nSPS) is 20.2. The molecule has 2 atom stereocenters. The van der Waals surface area contributed by atoms with Gasteiger partial charge < -0.3 is 15.4 Å². The van der Waals surface area contributed by atoms with Gasteiger partial charge >= 0.3 is 0 Å². The third-order valence-electron chi connectivity index (χ3n) is 3.82. The number of benzene rings is 1. The van der Waals surface area contributed by atoms with Crippen molar-refractivity contribution in [3.05, 3.63) is 29.8 Å². The Morgan fingerprint density at radius 1 is 1.55 bits per heavy atom.